The van der Waals surface area contributed by atoms with Gasteiger partial charge in [-0.25, -0.2) is 13.4 Å². The lowest BCUT2D eigenvalue weighted by atomic mass is 10.1. The van der Waals surface area contributed by atoms with Gasteiger partial charge in [0.25, 0.3) is 10.0 Å². The first kappa shape index (κ1) is 27.1. The fraction of sp³-hybridized carbons (Fsp3) is 0.308. The SMILES string of the molecule is COc1ccc(N2CCN(c3nc(C)c(NS(=O)(=O)c4cccc(C(F)(F)F)c4)c(C)c3C#N)CC2)cc1. The number of sulfonamides is 1. The molecule has 3 aromatic rings. The summed E-state index contributed by atoms with van der Waals surface area (Å²) in [6.45, 7) is 5.72. The van der Waals surface area contributed by atoms with Crippen molar-refractivity contribution >= 4 is 27.2 Å². The van der Waals surface area contributed by atoms with Crippen LogP contribution in [0, 0.1) is 25.2 Å². The Kier molecular flexibility index (Phi) is 7.42. The van der Waals surface area contributed by atoms with Crippen LogP contribution in [0.4, 0.5) is 30.4 Å². The second kappa shape index (κ2) is 10.4. The highest BCUT2D eigenvalue weighted by atomic mass is 32.2. The number of rotatable bonds is 6. The molecular formula is C26H26F3N5O3S. The molecular weight excluding hydrogens is 519 g/mol. The van der Waals surface area contributed by atoms with Crippen LogP contribution in [-0.4, -0.2) is 46.7 Å². The molecule has 12 heteroatoms. The lowest BCUT2D eigenvalue weighted by molar-refractivity contribution is -0.137. The van der Waals surface area contributed by atoms with E-state index in [9.17, 15) is 26.9 Å². The Morgan fingerprint density at radius 2 is 1.66 bits per heavy atom. The summed E-state index contributed by atoms with van der Waals surface area (Å²) < 4.78 is 72.8. The number of aryl methyl sites for hydroxylation is 1. The van der Waals surface area contributed by atoms with Crippen LogP contribution in [0.2, 0.25) is 0 Å². The van der Waals surface area contributed by atoms with Crippen LogP contribution in [0.5, 0.6) is 5.75 Å². The Morgan fingerprint density at radius 3 is 2.24 bits per heavy atom. The molecule has 0 atom stereocenters. The van der Waals surface area contributed by atoms with E-state index < -0.39 is 26.7 Å². The van der Waals surface area contributed by atoms with Gasteiger partial charge in [-0.05, 0) is 61.9 Å². The van der Waals surface area contributed by atoms with Gasteiger partial charge in [0, 0.05) is 31.9 Å². The van der Waals surface area contributed by atoms with Gasteiger partial charge < -0.3 is 14.5 Å². The van der Waals surface area contributed by atoms with Crippen LogP contribution in [-0.2, 0) is 16.2 Å². The van der Waals surface area contributed by atoms with E-state index in [1.54, 1.807) is 21.0 Å². The van der Waals surface area contributed by atoms with Crippen molar-refractivity contribution in [3.63, 3.8) is 0 Å². The van der Waals surface area contributed by atoms with Crippen molar-refractivity contribution in [3.8, 4) is 11.8 Å². The molecule has 38 heavy (non-hydrogen) atoms. The van der Waals surface area contributed by atoms with Gasteiger partial charge in [0.1, 0.15) is 17.6 Å². The molecule has 4 rings (SSSR count). The Balaban J connectivity index is 1.57. The summed E-state index contributed by atoms with van der Waals surface area (Å²) in [6, 6.07) is 13.4. The summed E-state index contributed by atoms with van der Waals surface area (Å²) in [5.41, 5.74) is 0.905. The van der Waals surface area contributed by atoms with E-state index in [0.717, 1.165) is 29.6 Å². The number of hydrogen-bond donors (Lipinski definition) is 1. The van der Waals surface area contributed by atoms with Gasteiger partial charge in [0.05, 0.1) is 34.5 Å². The highest BCUT2D eigenvalue weighted by Gasteiger charge is 2.32. The van der Waals surface area contributed by atoms with Crippen LogP contribution >= 0.6 is 0 Å². The number of hydrogen-bond acceptors (Lipinski definition) is 7. The Bertz CT molecular complexity index is 1480. The summed E-state index contributed by atoms with van der Waals surface area (Å²) in [5, 5.41) is 9.92. The Morgan fingerprint density at radius 1 is 1.03 bits per heavy atom. The molecule has 0 bridgehead atoms. The molecule has 1 aliphatic heterocycles. The van der Waals surface area contributed by atoms with E-state index in [1.807, 2.05) is 29.2 Å². The topological polar surface area (TPSA) is 98.6 Å². The summed E-state index contributed by atoms with van der Waals surface area (Å²) in [4.78, 5) is 8.19. The van der Waals surface area contributed by atoms with Crippen LogP contribution in [0.3, 0.4) is 0 Å². The van der Waals surface area contributed by atoms with Crippen LogP contribution in [0.1, 0.15) is 22.4 Å². The van der Waals surface area contributed by atoms with Crippen molar-refractivity contribution in [1.82, 2.24) is 4.98 Å². The minimum Gasteiger partial charge on any atom is -0.497 e. The Labute approximate surface area is 219 Å². The predicted molar refractivity (Wildman–Crippen MR) is 138 cm³/mol. The summed E-state index contributed by atoms with van der Waals surface area (Å²) in [7, 11) is -2.77. The molecule has 1 N–H and O–H groups in total. The molecule has 2 heterocycles. The number of nitrogens with one attached hydrogen (secondary N) is 1. The molecule has 0 spiro atoms. The molecule has 1 saturated heterocycles. The summed E-state index contributed by atoms with van der Waals surface area (Å²) in [5.74, 6) is 1.21. The molecule has 1 aliphatic rings. The molecule has 1 aromatic heterocycles. The Hall–Kier alpha value is -3.98. The standard InChI is InChI=1S/C26H26F3N5O3S/c1-17-23(16-30)25(34-13-11-33(12-14-34)20-7-9-21(37-3)10-8-20)31-18(2)24(17)32-38(35,36)22-6-4-5-19(15-22)26(27,28)29/h4-10,15,32H,11-14H2,1-3H3. The zero-order valence-corrected chi connectivity index (χ0v) is 21.8. The third-order valence-corrected chi connectivity index (χ3v) is 7.79. The molecule has 0 amide bonds. The minimum atomic E-state index is -4.69. The minimum absolute atomic E-state index is 0.0691. The average molecular weight is 546 g/mol. The zero-order valence-electron chi connectivity index (χ0n) is 21.0. The first-order valence-electron chi connectivity index (χ1n) is 11.7. The number of piperazine rings is 1. The van der Waals surface area contributed by atoms with Crippen LogP contribution in [0.15, 0.2) is 53.4 Å². The molecule has 0 radical (unpaired) electrons. The monoisotopic (exact) mass is 545 g/mol. The number of methoxy groups -OCH3 is 1. The van der Waals surface area contributed by atoms with Gasteiger partial charge in [-0.15, -0.1) is 0 Å². The fourth-order valence-corrected chi connectivity index (χ4v) is 5.58. The quantitative estimate of drug-likeness (QED) is 0.478. The van der Waals surface area contributed by atoms with Crippen molar-refractivity contribution in [2.45, 2.75) is 24.9 Å². The lowest BCUT2D eigenvalue weighted by Gasteiger charge is -2.37. The highest BCUT2D eigenvalue weighted by molar-refractivity contribution is 7.92. The first-order chi connectivity index (χ1) is 17.9. The van der Waals surface area contributed by atoms with Gasteiger partial charge in [0.15, 0.2) is 0 Å². The van der Waals surface area contributed by atoms with Crippen molar-refractivity contribution in [2.75, 3.05) is 47.8 Å². The van der Waals surface area contributed by atoms with E-state index in [2.05, 4.69) is 20.7 Å². The maximum atomic E-state index is 13.1. The maximum Gasteiger partial charge on any atom is 0.416 e. The normalized spacial score (nSPS) is 14.2. The average Bonchev–Trinajstić information content (AvgIpc) is 2.90. The number of nitriles is 1. The van der Waals surface area contributed by atoms with Crippen molar-refractivity contribution in [1.29, 1.82) is 5.26 Å². The largest absolute Gasteiger partial charge is 0.497 e. The molecule has 2 aromatic carbocycles. The van der Waals surface area contributed by atoms with Gasteiger partial charge in [0.2, 0.25) is 0 Å². The van der Waals surface area contributed by atoms with E-state index in [4.69, 9.17) is 4.74 Å². The smallest absolute Gasteiger partial charge is 0.416 e. The highest BCUT2D eigenvalue weighted by Crippen LogP contribution is 2.34. The third-order valence-electron chi connectivity index (χ3n) is 6.45. The second-order valence-corrected chi connectivity index (χ2v) is 10.5. The van der Waals surface area contributed by atoms with Crippen LogP contribution in [0.25, 0.3) is 0 Å². The summed E-state index contributed by atoms with van der Waals surface area (Å²) >= 11 is 0. The molecule has 8 nitrogen and oxygen atoms in total. The number of nitrogens with zero attached hydrogens (tertiary/aromatic N) is 4. The van der Waals surface area contributed by atoms with E-state index in [-0.39, 0.29) is 11.3 Å². The van der Waals surface area contributed by atoms with E-state index >= 15 is 0 Å². The number of pyridine rings is 1. The summed E-state index contributed by atoms with van der Waals surface area (Å²) in [6.07, 6.45) is -4.69. The number of halogens is 3. The molecule has 1 fully saturated rings. The van der Waals surface area contributed by atoms with Gasteiger partial charge in [-0.2, -0.15) is 18.4 Å². The van der Waals surface area contributed by atoms with Crippen molar-refractivity contribution in [3.05, 3.63) is 70.9 Å². The number of anilines is 3. The fourth-order valence-electron chi connectivity index (χ4n) is 4.35. The number of benzene rings is 2. The number of aromatic nitrogens is 1. The lowest BCUT2D eigenvalue weighted by Crippen LogP contribution is -2.47. The predicted octanol–water partition coefficient (Wildman–Crippen LogP) is 4.72. The van der Waals surface area contributed by atoms with E-state index in [1.165, 1.54) is 0 Å². The van der Waals surface area contributed by atoms with Gasteiger partial charge >= 0.3 is 6.18 Å². The molecule has 0 saturated carbocycles. The van der Waals surface area contributed by atoms with Gasteiger partial charge in [-0.3, -0.25) is 4.72 Å². The third kappa shape index (κ3) is 5.47. The molecule has 0 unspecified atom stereocenters. The van der Waals surface area contributed by atoms with Crippen molar-refractivity contribution < 1.29 is 26.3 Å². The maximum absolute atomic E-state index is 13.1. The zero-order chi connectivity index (χ0) is 27.7. The molecule has 0 aliphatic carbocycles. The second-order valence-electron chi connectivity index (χ2n) is 8.81. The number of alkyl halides is 3. The van der Waals surface area contributed by atoms with Gasteiger partial charge in [-0.1, -0.05) is 6.07 Å². The molecule has 200 valence electrons. The van der Waals surface area contributed by atoms with E-state index in [0.29, 0.717) is 49.3 Å². The van der Waals surface area contributed by atoms with Crippen LogP contribution < -0.4 is 19.3 Å². The van der Waals surface area contributed by atoms with Crippen molar-refractivity contribution in [2.24, 2.45) is 0 Å². The first-order valence-corrected chi connectivity index (χ1v) is 13.2. The number of ether oxygens (including phenoxy) is 1.